The van der Waals surface area contributed by atoms with Crippen LogP contribution in [0.2, 0.25) is 0 Å². The lowest BCUT2D eigenvalue weighted by Crippen LogP contribution is -2.35. The first kappa shape index (κ1) is 12.1. The minimum atomic E-state index is -0.681. The molecule has 0 aromatic rings. The zero-order chi connectivity index (χ0) is 10.4. The lowest BCUT2D eigenvalue weighted by molar-refractivity contribution is 0.0992. The average Bonchev–Trinajstić information content (AvgIpc) is 2.19. The molecule has 0 spiro atoms. The van der Waals surface area contributed by atoms with Crippen molar-refractivity contribution in [2.24, 2.45) is 0 Å². The van der Waals surface area contributed by atoms with E-state index in [9.17, 15) is 4.21 Å². The summed E-state index contributed by atoms with van der Waals surface area (Å²) in [5, 5.41) is 3.66. The van der Waals surface area contributed by atoms with E-state index in [0.29, 0.717) is 11.3 Å². The molecule has 1 heterocycles. The van der Waals surface area contributed by atoms with Gasteiger partial charge in [-0.15, -0.1) is 0 Å². The van der Waals surface area contributed by atoms with E-state index in [2.05, 4.69) is 19.2 Å². The van der Waals surface area contributed by atoms with Crippen molar-refractivity contribution in [2.45, 2.75) is 38.0 Å². The van der Waals surface area contributed by atoms with Crippen LogP contribution in [0.15, 0.2) is 0 Å². The summed E-state index contributed by atoms with van der Waals surface area (Å²) in [4.78, 5) is 0. The van der Waals surface area contributed by atoms with Crippen LogP contribution in [-0.4, -0.2) is 41.0 Å². The molecule has 0 aromatic carbocycles. The maximum Gasteiger partial charge on any atom is 0.0477 e. The van der Waals surface area contributed by atoms with Crippen molar-refractivity contribution in [3.8, 4) is 0 Å². The van der Waals surface area contributed by atoms with Crippen LogP contribution >= 0.6 is 0 Å². The van der Waals surface area contributed by atoms with Crippen molar-refractivity contribution in [1.82, 2.24) is 5.32 Å². The average molecular weight is 219 g/mol. The fourth-order valence-corrected chi connectivity index (χ4v) is 3.33. The molecule has 0 aliphatic carbocycles. The molecule has 1 rings (SSSR count). The SMILES string of the molecule is CCNC(C)CS(=O)C1CCOCC1. The number of rotatable bonds is 5. The van der Waals surface area contributed by atoms with Gasteiger partial charge in [0.05, 0.1) is 0 Å². The molecule has 0 radical (unpaired) electrons. The van der Waals surface area contributed by atoms with E-state index < -0.39 is 10.8 Å². The van der Waals surface area contributed by atoms with E-state index in [0.717, 1.165) is 38.4 Å². The Balaban J connectivity index is 2.25. The Morgan fingerprint density at radius 1 is 1.50 bits per heavy atom. The van der Waals surface area contributed by atoms with Crippen LogP contribution in [0.3, 0.4) is 0 Å². The van der Waals surface area contributed by atoms with E-state index in [1.807, 2.05) is 0 Å². The first-order valence-electron chi connectivity index (χ1n) is 5.42. The maximum absolute atomic E-state index is 11.9. The molecule has 1 fully saturated rings. The summed E-state index contributed by atoms with van der Waals surface area (Å²) in [7, 11) is -0.681. The van der Waals surface area contributed by atoms with Gasteiger partial charge in [0.1, 0.15) is 0 Å². The smallest absolute Gasteiger partial charge is 0.0477 e. The van der Waals surface area contributed by atoms with Crippen molar-refractivity contribution in [3.63, 3.8) is 0 Å². The van der Waals surface area contributed by atoms with Crippen LogP contribution in [0.4, 0.5) is 0 Å². The van der Waals surface area contributed by atoms with Gasteiger partial charge in [0.25, 0.3) is 0 Å². The van der Waals surface area contributed by atoms with Gasteiger partial charge in [0.2, 0.25) is 0 Å². The Morgan fingerprint density at radius 2 is 2.14 bits per heavy atom. The Labute approximate surface area is 89.1 Å². The van der Waals surface area contributed by atoms with Gasteiger partial charge in [0.15, 0.2) is 0 Å². The summed E-state index contributed by atoms with van der Waals surface area (Å²) >= 11 is 0. The fraction of sp³-hybridized carbons (Fsp3) is 1.00. The highest BCUT2D eigenvalue weighted by Gasteiger charge is 2.21. The maximum atomic E-state index is 11.9. The van der Waals surface area contributed by atoms with Crippen molar-refractivity contribution in [3.05, 3.63) is 0 Å². The molecule has 1 aliphatic heterocycles. The second-order valence-corrected chi connectivity index (χ2v) is 5.58. The number of hydrogen-bond acceptors (Lipinski definition) is 3. The van der Waals surface area contributed by atoms with Gasteiger partial charge in [-0.3, -0.25) is 4.21 Å². The summed E-state index contributed by atoms with van der Waals surface area (Å²) in [5.41, 5.74) is 0. The van der Waals surface area contributed by atoms with Crippen molar-refractivity contribution in [1.29, 1.82) is 0 Å². The van der Waals surface area contributed by atoms with Gasteiger partial charge in [0, 0.05) is 41.1 Å². The predicted octanol–water partition coefficient (Wildman–Crippen LogP) is 0.912. The second kappa shape index (κ2) is 6.53. The Bertz CT molecular complexity index is 181. The van der Waals surface area contributed by atoms with Gasteiger partial charge in [-0.2, -0.15) is 0 Å². The van der Waals surface area contributed by atoms with Gasteiger partial charge in [-0.05, 0) is 26.3 Å². The lowest BCUT2D eigenvalue weighted by Gasteiger charge is -2.23. The predicted molar refractivity (Wildman–Crippen MR) is 60.0 cm³/mol. The largest absolute Gasteiger partial charge is 0.381 e. The van der Waals surface area contributed by atoms with Crippen molar-refractivity contribution in [2.75, 3.05) is 25.5 Å². The molecule has 0 saturated carbocycles. The molecule has 0 aromatic heterocycles. The van der Waals surface area contributed by atoms with Crippen molar-refractivity contribution >= 4 is 10.8 Å². The molecular formula is C10H21NO2S. The van der Waals surface area contributed by atoms with Crippen LogP contribution < -0.4 is 5.32 Å². The zero-order valence-corrected chi connectivity index (χ0v) is 9.94. The molecule has 2 atom stereocenters. The minimum Gasteiger partial charge on any atom is -0.381 e. The van der Waals surface area contributed by atoms with Crippen molar-refractivity contribution < 1.29 is 8.95 Å². The molecule has 84 valence electrons. The van der Waals surface area contributed by atoms with Crippen LogP contribution in [-0.2, 0) is 15.5 Å². The van der Waals surface area contributed by atoms with E-state index in [1.54, 1.807) is 0 Å². The second-order valence-electron chi connectivity index (χ2n) is 3.82. The topological polar surface area (TPSA) is 38.3 Å². The molecule has 2 unspecified atom stereocenters. The molecule has 4 heteroatoms. The standard InChI is InChI=1S/C10H21NO2S/c1-3-11-9(2)8-14(12)10-4-6-13-7-5-10/h9-11H,3-8H2,1-2H3. The first-order chi connectivity index (χ1) is 6.74. The highest BCUT2D eigenvalue weighted by atomic mass is 32.2. The fourth-order valence-electron chi connectivity index (χ4n) is 1.73. The molecule has 1 saturated heterocycles. The van der Waals surface area contributed by atoms with Gasteiger partial charge in [-0.1, -0.05) is 6.92 Å². The lowest BCUT2D eigenvalue weighted by atomic mass is 10.2. The summed E-state index contributed by atoms with van der Waals surface area (Å²) in [5.74, 6) is 0.776. The molecule has 1 aliphatic rings. The molecule has 0 amide bonds. The van der Waals surface area contributed by atoms with E-state index in [1.165, 1.54) is 0 Å². The van der Waals surface area contributed by atoms with Crippen LogP contribution in [0.25, 0.3) is 0 Å². The number of ether oxygens (including phenoxy) is 1. The Hall–Kier alpha value is 0.0700. The van der Waals surface area contributed by atoms with E-state index in [-0.39, 0.29) is 0 Å². The Morgan fingerprint density at radius 3 is 2.71 bits per heavy atom. The van der Waals surface area contributed by atoms with E-state index >= 15 is 0 Å². The third kappa shape index (κ3) is 4.07. The van der Waals surface area contributed by atoms with Crippen LogP contribution in [0.5, 0.6) is 0 Å². The Kier molecular flexibility index (Phi) is 5.67. The first-order valence-corrected chi connectivity index (χ1v) is 6.80. The number of nitrogens with one attached hydrogen (secondary N) is 1. The quantitative estimate of drug-likeness (QED) is 0.747. The number of hydrogen-bond donors (Lipinski definition) is 1. The minimum absolute atomic E-state index is 0.365. The molecule has 0 bridgehead atoms. The van der Waals surface area contributed by atoms with E-state index in [4.69, 9.17) is 4.74 Å². The molecule has 1 N–H and O–H groups in total. The van der Waals surface area contributed by atoms with Gasteiger partial charge < -0.3 is 10.1 Å². The third-order valence-electron chi connectivity index (χ3n) is 2.51. The third-order valence-corrected chi connectivity index (χ3v) is 4.55. The van der Waals surface area contributed by atoms with Gasteiger partial charge >= 0.3 is 0 Å². The highest BCUT2D eigenvalue weighted by Crippen LogP contribution is 2.13. The summed E-state index contributed by atoms with van der Waals surface area (Å²) in [6.45, 7) is 6.69. The summed E-state index contributed by atoms with van der Waals surface area (Å²) in [6, 6.07) is 0.365. The highest BCUT2D eigenvalue weighted by molar-refractivity contribution is 7.85. The normalized spacial score (nSPS) is 23.3. The summed E-state index contributed by atoms with van der Waals surface area (Å²) in [6.07, 6.45) is 1.93. The zero-order valence-electron chi connectivity index (χ0n) is 9.12. The molecular weight excluding hydrogens is 198 g/mol. The van der Waals surface area contributed by atoms with Gasteiger partial charge in [-0.25, -0.2) is 0 Å². The summed E-state index contributed by atoms with van der Waals surface area (Å²) < 4.78 is 17.2. The monoisotopic (exact) mass is 219 g/mol. The van der Waals surface area contributed by atoms with Crippen LogP contribution in [0.1, 0.15) is 26.7 Å². The van der Waals surface area contributed by atoms with Crippen LogP contribution in [0, 0.1) is 0 Å². The molecule has 3 nitrogen and oxygen atoms in total. The molecule has 14 heavy (non-hydrogen) atoms.